The Morgan fingerprint density at radius 1 is 0.889 bits per heavy atom. The molecule has 180 valence electrons. The number of carbonyl (C=O) groups is 1. The highest BCUT2D eigenvalue weighted by Crippen LogP contribution is 2.28. The summed E-state index contributed by atoms with van der Waals surface area (Å²) in [5.41, 5.74) is 5.53. The van der Waals surface area contributed by atoms with Crippen LogP contribution < -0.4 is 15.4 Å². The third-order valence-corrected chi connectivity index (χ3v) is 6.14. The van der Waals surface area contributed by atoms with Crippen molar-refractivity contribution in [2.24, 2.45) is 0 Å². The van der Waals surface area contributed by atoms with Crippen LogP contribution in [0.3, 0.4) is 0 Å². The van der Waals surface area contributed by atoms with Gasteiger partial charge in [0.05, 0.1) is 23.8 Å². The zero-order valence-electron chi connectivity index (χ0n) is 19.7. The number of benzene rings is 4. The second-order valence-electron chi connectivity index (χ2n) is 8.31. The maximum absolute atomic E-state index is 12.5. The molecule has 0 spiro atoms. The molecule has 36 heavy (non-hydrogen) atoms. The van der Waals surface area contributed by atoms with Crippen LogP contribution in [-0.4, -0.2) is 22.7 Å². The third kappa shape index (κ3) is 5.19. The minimum atomic E-state index is -0.375. The number of fused-ring (bicyclic) bond motifs is 1. The number of amides is 2. The third-order valence-electron chi connectivity index (χ3n) is 5.90. The summed E-state index contributed by atoms with van der Waals surface area (Å²) in [4.78, 5) is 17.4. The number of halogens is 1. The molecule has 0 radical (unpaired) electrons. The van der Waals surface area contributed by atoms with Crippen molar-refractivity contribution in [1.82, 2.24) is 9.55 Å². The van der Waals surface area contributed by atoms with E-state index in [0.29, 0.717) is 22.1 Å². The average molecular weight is 497 g/mol. The lowest BCUT2D eigenvalue weighted by atomic mass is 10.1. The number of rotatable bonds is 7. The molecule has 0 bridgehead atoms. The molecule has 0 fully saturated rings. The van der Waals surface area contributed by atoms with Gasteiger partial charge in [0.25, 0.3) is 0 Å². The van der Waals surface area contributed by atoms with Gasteiger partial charge in [0.2, 0.25) is 0 Å². The van der Waals surface area contributed by atoms with E-state index in [4.69, 9.17) is 21.3 Å². The van der Waals surface area contributed by atoms with Crippen LogP contribution in [0.1, 0.15) is 11.4 Å². The lowest BCUT2D eigenvalue weighted by Gasteiger charge is -2.12. The number of hydrogen-bond donors (Lipinski definition) is 2. The predicted octanol–water partition coefficient (Wildman–Crippen LogP) is 7.12. The summed E-state index contributed by atoms with van der Waals surface area (Å²) in [6, 6.07) is 31.0. The van der Waals surface area contributed by atoms with Gasteiger partial charge >= 0.3 is 6.03 Å². The smallest absolute Gasteiger partial charge is 0.323 e. The minimum absolute atomic E-state index is 0.375. The number of nitrogens with one attached hydrogen (secondary N) is 2. The molecule has 6 nitrogen and oxygen atoms in total. The van der Waals surface area contributed by atoms with E-state index in [1.165, 1.54) is 0 Å². The number of aryl methyl sites for hydroxylation is 2. The summed E-state index contributed by atoms with van der Waals surface area (Å²) in [6.45, 7) is 0. The minimum Gasteiger partial charge on any atom is -0.495 e. The molecule has 7 heteroatoms. The summed E-state index contributed by atoms with van der Waals surface area (Å²) in [5.74, 6) is 1.55. The molecule has 2 amide bonds. The molecule has 0 aliphatic rings. The van der Waals surface area contributed by atoms with Crippen LogP contribution in [0.4, 0.5) is 16.2 Å². The van der Waals surface area contributed by atoms with Crippen molar-refractivity contribution < 1.29 is 9.53 Å². The van der Waals surface area contributed by atoms with Crippen LogP contribution >= 0.6 is 11.6 Å². The van der Waals surface area contributed by atoms with Crippen LogP contribution in [0.15, 0.2) is 97.1 Å². The highest BCUT2D eigenvalue weighted by atomic mass is 35.5. The van der Waals surface area contributed by atoms with Gasteiger partial charge in [0.15, 0.2) is 0 Å². The number of anilines is 2. The summed E-state index contributed by atoms with van der Waals surface area (Å²) < 4.78 is 7.50. The second kappa shape index (κ2) is 10.5. The largest absolute Gasteiger partial charge is 0.495 e. The van der Waals surface area contributed by atoms with Gasteiger partial charge in [-0.25, -0.2) is 9.78 Å². The van der Waals surface area contributed by atoms with Crippen molar-refractivity contribution in [2.45, 2.75) is 12.8 Å². The SMILES string of the molecule is COc1ccc(Cl)cc1NC(=O)Nc1ccc(CCc2nc3ccccc3n2-c2ccccc2)cc1. The normalized spacial score (nSPS) is 10.8. The van der Waals surface area contributed by atoms with Crippen molar-refractivity contribution >= 4 is 40.0 Å². The van der Waals surface area contributed by atoms with Crippen LogP contribution in [-0.2, 0) is 12.8 Å². The monoisotopic (exact) mass is 496 g/mol. The van der Waals surface area contributed by atoms with Gasteiger partial charge in [0, 0.05) is 22.8 Å². The molecule has 1 aromatic heterocycles. The molecule has 0 aliphatic carbocycles. The lowest BCUT2D eigenvalue weighted by Crippen LogP contribution is -2.19. The fraction of sp³-hybridized carbons (Fsp3) is 0.103. The Morgan fingerprint density at radius 2 is 1.64 bits per heavy atom. The first kappa shape index (κ1) is 23.5. The Hall–Kier alpha value is -4.29. The maximum Gasteiger partial charge on any atom is 0.323 e. The number of methoxy groups -OCH3 is 1. The van der Waals surface area contributed by atoms with Crippen LogP contribution in [0.5, 0.6) is 5.75 Å². The van der Waals surface area contributed by atoms with Crippen molar-refractivity contribution in [3.8, 4) is 11.4 Å². The molecule has 2 N–H and O–H groups in total. The van der Waals surface area contributed by atoms with Gasteiger partial charge < -0.3 is 15.4 Å². The number of aromatic nitrogens is 2. The van der Waals surface area contributed by atoms with Crippen molar-refractivity contribution in [3.63, 3.8) is 0 Å². The fourth-order valence-corrected chi connectivity index (χ4v) is 4.35. The highest BCUT2D eigenvalue weighted by Gasteiger charge is 2.13. The summed E-state index contributed by atoms with van der Waals surface area (Å²) in [7, 11) is 1.54. The Balaban J connectivity index is 1.26. The first-order valence-electron chi connectivity index (χ1n) is 11.6. The number of ether oxygens (including phenoxy) is 1. The summed E-state index contributed by atoms with van der Waals surface area (Å²) >= 11 is 6.04. The number of hydrogen-bond acceptors (Lipinski definition) is 3. The van der Waals surface area contributed by atoms with Gasteiger partial charge in [-0.1, -0.05) is 54.1 Å². The molecule has 0 saturated carbocycles. The standard InChI is InChI=1S/C29H25ClN4O2/c1-36-27-17-14-21(30)19-25(27)33-29(35)31-22-15-11-20(12-16-22)13-18-28-32-24-9-5-6-10-26(24)34(28)23-7-3-2-4-8-23/h2-12,14-17,19H,13,18H2,1H3,(H2,31,33,35). The Morgan fingerprint density at radius 3 is 2.42 bits per heavy atom. The van der Waals surface area contributed by atoms with E-state index in [0.717, 1.165) is 41.0 Å². The number of carbonyl (C=O) groups excluding carboxylic acids is 1. The van der Waals surface area contributed by atoms with Crippen LogP contribution in [0.2, 0.25) is 5.02 Å². The van der Waals surface area contributed by atoms with E-state index in [1.54, 1.807) is 25.3 Å². The Bertz CT molecular complexity index is 1500. The van der Waals surface area contributed by atoms with Crippen molar-refractivity contribution in [3.05, 3.63) is 113 Å². The van der Waals surface area contributed by atoms with Gasteiger partial charge in [0.1, 0.15) is 11.6 Å². The fourth-order valence-electron chi connectivity index (χ4n) is 4.18. The first-order valence-corrected chi connectivity index (χ1v) is 12.0. The van der Waals surface area contributed by atoms with Crippen molar-refractivity contribution in [1.29, 1.82) is 0 Å². The number of nitrogens with zero attached hydrogens (tertiary/aromatic N) is 2. The zero-order chi connectivity index (χ0) is 24.9. The molecule has 5 aromatic rings. The molecule has 1 heterocycles. The molecular formula is C29H25ClN4O2. The first-order chi connectivity index (χ1) is 17.6. The Kier molecular flexibility index (Phi) is 6.87. The van der Waals surface area contributed by atoms with E-state index >= 15 is 0 Å². The number of imidazole rings is 1. The van der Waals surface area contributed by atoms with E-state index in [2.05, 4.69) is 33.4 Å². The predicted molar refractivity (Wildman–Crippen MR) is 146 cm³/mol. The van der Waals surface area contributed by atoms with Gasteiger partial charge in [-0.05, 0) is 66.6 Å². The molecule has 4 aromatic carbocycles. The topological polar surface area (TPSA) is 68.2 Å². The Labute approximate surface area is 214 Å². The molecular weight excluding hydrogens is 472 g/mol. The van der Waals surface area contributed by atoms with Crippen LogP contribution in [0.25, 0.3) is 16.7 Å². The molecule has 0 atom stereocenters. The lowest BCUT2D eigenvalue weighted by molar-refractivity contribution is 0.262. The number of urea groups is 1. The van der Waals surface area contributed by atoms with E-state index < -0.39 is 0 Å². The molecule has 0 aliphatic heterocycles. The average Bonchev–Trinajstić information content (AvgIpc) is 3.27. The van der Waals surface area contributed by atoms with Gasteiger partial charge in [-0.3, -0.25) is 4.57 Å². The summed E-state index contributed by atoms with van der Waals surface area (Å²) in [6.07, 6.45) is 1.60. The van der Waals surface area contributed by atoms with Crippen LogP contribution in [0, 0.1) is 0 Å². The maximum atomic E-state index is 12.5. The summed E-state index contributed by atoms with van der Waals surface area (Å²) in [5, 5.41) is 6.13. The highest BCUT2D eigenvalue weighted by molar-refractivity contribution is 6.31. The van der Waals surface area contributed by atoms with E-state index in [9.17, 15) is 4.79 Å². The van der Waals surface area contributed by atoms with Gasteiger partial charge in [-0.15, -0.1) is 0 Å². The molecule has 0 unspecified atom stereocenters. The molecule has 5 rings (SSSR count). The molecule has 0 saturated heterocycles. The second-order valence-corrected chi connectivity index (χ2v) is 8.74. The van der Waals surface area contributed by atoms with E-state index in [1.807, 2.05) is 60.7 Å². The van der Waals surface area contributed by atoms with Crippen molar-refractivity contribution in [2.75, 3.05) is 17.7 Å². The zero-order valence-corrected chi connectivity index (χ0v) is 20.5. The van der Waals surface area contributed by atoms with Gasteiger partial charge in [-0.2, -0.15) is 0 Å². The number of para-hydroxylation sites is 3. The quantitative estimate of drug-likeness (QED) is 0.252. The van der Waals surface area contributed by atoms with E-state index in [-0.39, 0.29) is 6.03 Å².